The molecule has 0 saturated carbocycles. The van der Waals surface area contributed by atoms with Gasteiger partial charge in [-0.3, -0.25) is 0 Å². The van der Waals surface area contributed by atoms with Gasteiger partial charge in [-0.25, -0.2) is 4.68 Å². The van der Waals surface area contributed by atoms with Crippen LogP contribution >= 0.6 is 27.5 Å². The van der Waals surface area contributed by atoms with Crippen LogP contribution in [0.1, 0.15) is 11.4 Å². The van der Waals surface area contributed by atoms with Crippen LogP contribution < -0.4 is 5.73 Å². The second-order valence-electron chi connectivity index (χ2n) is 3.60. The number of hydrogen-bond donors (Lipinski definition) is 1. The molecule has 3 nitrogen and oxygen atoms in total. The lowest BCUT2D eigenvalue weighted by molar-refractivity contribution is 0.835. The second kappa shape index (κ2) is 4.11. The van der Waals surface area contributed by atoms with Crippen molar-refractivity contribution in [3.63, 3.8) is 0 Å². The van der Waals surface area contributed by atoms with Crippen molar-refractivity contribution in [2.45, 2.75) is 13.8 Å². The van der Waals surface area contributed by atoms with Crippen LogP contribution in [-0.4, -0.2) is 9.78 Å². The Bertz CT molecular complexity index is 548. The average Bonchev–Trinajstić information content (AvgIpc) is 2.46. The Morgan fingerprint density at radius 1 is 1.38 bits per heavy atom. The zero-order valence-corrected chi connectivity index (χ0v) is 11.3. The molecule has 2 N–H and O–H groups in total. The number of aryl methyl sites for hydroxylation is 1. The van der Waals surface area contributed by atoms with Gasteiger partial charge in [0, 0.05) is 4.47 Å². The third-order valence-corrected chi connectivity index (χ3v) is 3.46. The van der Waals surface area contributed by atoms with Gasteiger partial charge in [-0.2, -0.15) is 5.10 Å². The molecule has 0 spiro atoms. The molecule has 2 rings (SSSR count). The Morgan fingerprint density at radius 3 is 2.56 bits per heavy atom. The fraction of sp³-hybridized carbons (Fsp3) is 0.182. The summed E-state index contributed by atoms with van der Waals surface area (Å²) in [5.41, 5.74) is 9.16. The minimum Gasteiger partial charge on any atom is -0.397 e. The van der Waals surface area contributed by atoms with Crippen molar-refractivity contribution in [2.75, 3.05) is 5.73 Å². The topological polar surface area (TPSA) is 43.8 Å². The fourth-order valence-corrected chi connectivity index (χ4v) is 2.07. The minimum absolute atomic E-state index is 0.664. The van der Waals surface area contributed by atoms with E-state index in [0.29, 0.717) is 10.7 Å². The van der Waals surface area contributed by atoms with Crippen molar-refractivity contribution in [1.82, 2.24) is 9.78 Å². The van der Waals surface area contributed by atoms with Crippen LogP contribution in [-0.2, 0) is 0 Å². The molecule has 0 saturated heterocycles. The lowest BCUT2D eigenvalue weighted by Gasteiger charge is -2.08. The van der Waals surface area contributed by atoms with Gasteiger partial charge in [0.2, 0.25) is 0 Å². The summed E-state index contributed by atoms with van der Waals surface area (Å²) in [4.78, 5) is 0. The first-order valence-corrected chi connectivity index (χ1v) is 5.95. The predicted octanol–water partition coefficient (Wildman–Crippen LogP) is 3.49. The molecule has 5 heteroatoms. The van der Waals surface area contributed by atoms with Crippen molar-refractivity contribution >= 4 is 33.2 Å². The highest BCUT2D eigenvalue weighted by atomic mass is 79.9. The summed E-state index contributed by atoms with van der Waals surface area (Å²) in [7, 11) is 0. The quantitative estimate of drug-likeness (QED) is 0.819. The molecule has 16 heavy (non-hydrogen) atoms. The van der Waals surface area contributed by atoms with E-state index in [1.165, 1.54) is 0 Å². The number of nitrogens with two attached hydrogens (primary N) is 1. The fourth-order valence-electron chi connectivity index (χ4n) is 1.58. The third kappa shape index (κ3) is 1.83. The second-order valence-corrected chi connectivity index (χ2v) is 4.89. The first-order valence-electron chi connectivity index (χ1n) is 4.78. The standard InChI is InChI=1S/C11H11BrClN3/c1-6-11(13)7(2)16(15-6)10-4-3-8(12)5-9(10)14/h3-5H,14H2,1-2H3. The van der Waals surface area contributed by atoms with Gasteiger partial charge in [-0.05, 0) is 32.0 Å². The molecule has 1 heterocycles. The molecule has 0 atom stereocenters. The van der Waals surface area contributed by atoms with Crippen LogP contribution in [0.2, 0.25) is 5.02 Å². The van der Waals surface area contributed by atoms with E-state index in [9.17, 15) is 0 Å². The largest absolute Gasteiger partial charge is 0.397 e. The first kappa shape index (κ1) is 11.5. The number of anilines is 1. The van der Waals surface area contributed by atoms with Crippen LogP contribution in [0.25, 0.3) is 5.69 Å². The van der Waals surface area contributed by atoms with Gasteiger partial charge in [0.25, 0.3) is 0 Å². The molecule has 1 aromatic heterocycles. The Balaban J connectivity index is 2.63. The molecule has 0 bridgehead atoms. The SMILES string of the molecule is Cc1nn(-c2ccc(Br)cc2N)c(C)c1Cl. The van der Waals surface area contributed by atoms with E-state index in [1.807, 2.05) is 32.0 Å². The normalized spacial score (nSPS) is 10.8. The zero-order valence-electron chi connectivity index (χ0n) is 8.96. The Labute approximate surface area is 107 Å². The van der Waals surface area contributed by atoms with Gasteiger partial charge < -0.3 is 5.73 Å². The lowest BCUT2D eigenvalue weighted by atomic mass is 10.2. The zero-order chi connectivity index (χ0) is 11.9. The van der Waals surface area contributed by atoms with E-state index < -0.39 is 0 Å². The molecule has 0 aliphatic carbocycles. The van der Waals surface area contributed by atoms with E-state index in [4.69, 9.17) is 17.3 Å². The van der Waals surface area contributed by atoms with Crippen LogP contribution in [0.15, 0.2) is 22.7 Å². The van der Waals surface area contributed by atoms with Gasteiger partial charge >= 0.3 is 0 Å². The molecule has 1 aromatic carbocycles. The smallest absolute Gasteiger partial charge is 0.0879 e. The van der Waals surface area contributed by atoms with E-state index >= 15 is 0 Å². The van der Waals surface area contributed by atoms with Crippen LogP contribution in [0.3, 0.4) is 0 Å². The van der Waals surface area contributed by atoms with E-state index in [-0.39, 0.29) is 0 Å². The Kier molecular flexibility index (Phi) is 2.95. The summed E-state index contributed by atoms with van der Waals surface area (Å²) in [6.07, 6.45) is 0. The van der Waals surface area contributed by atoms with Gasteiger partial charge in [-0.15, -0.1) is 0 Å². The summed E-state index contributed by atoms with van der Waals surface area (Å²) in [6.45, 7) is 3.80. The molecule has 0 fully saturated rings. The maximum atomic E-state index is 6.10. The summed E-state index contributed by atoms with van der Waals surface area (Å²) in [5.74, 6) is 0. The average molecular weight is 301 g/mol. The monoisotopic (exact) mass is 299 g/mol. The van der Waals surface area contributed by atoms with Crippen molar-refractivity contribution < 1.29 is 0 Å². The molecule has 2 aromatic rings. The van der Waals surface area contributed by atoms with Gasteiger partial charge in [0.15, 0.2) is 0 Å². The number of aromatic nitrogens is 2. The van der Waals surface area contributed by atoms with Crippen molar-refractivity contribution in [3.05, 3.63) is 39.1 Å². The summed E-state index contributed by atoms with van der Waals surface area (Å²) in [6, 6.07) is 5.69. The first-order chi connectivity index (χ1) is 7.50. The molecule has 0 aliphatic rings. The number of rotatable bonds is 1. The number of hydrogen-bond acceptors (Lipinski definition) is 2. The van der Waals surface area contributed by atoms with Crippen molar-refractivity contribution in [2.24, 2.45) is 0 Å². The highest BCUT2D eigenvalue weighted by molar-refractivity contribution is 9.10. The van der Waals surface area contributed by atoms with Crippen LogP contribution in [0.5, 0.6) is 0 Å². The Morgan fingerprint density at radius 2 is 2.06 bits per heavy atom. The van der Waals surface area contributed by atoms with E-state index in [0.717, 1.165) is 21.5 Å². The summed E-state index contributed by atoms with van der Waals surface area (Å²) < 4.78 is 2.71. The third-order valence-electron chi connectivity index (χ3n) is 2.42. The van der Waals surface area contributed by atoms with Gasteiger partial charge in [-0.1, -0.05) is 27.5 Å². The highest BCUT2D eigenvalue weighted by Crippen LogP contribution is 2.27. The molecular formula is C11H11BrClN3. The predicted molar refractivity (Wildman–Crippen MR) is 70.2 cm³/mol. The molecule has 0 unspecified atom stereocenters. The molecule has 0 amide bonds. The highest BCUT2D eigenvalue weighted by Gasteiger charge is 2.12. The van der Waals surface area contributed by atoms with E-state index in [1.54, 1.807) is 4.68 Å². The number of nitrogen functional groups attached to an aromatic ring is 1. The molecule has 0 radical (unpaired) electrons. The van der Waals surface area contributed by atoms with Crippen molar-refractivity contribution in [3.8, 4) is 5.69 Å². The van der Waals surface area contributed by atoms with Crippen LogP contribution in [0.4, 0.5) is 5.69 Å². The van der Waals surface area contributed by atoms with Crippen molar-refractivity contribution in [1.29, 1.82) is 0 Å². The summed E-state index contributed by atoms with van der Waals surface area (Å²) in [5, 5.41) is 5.04. The maximum Gasteiger partial charge on any atom is 0.0879 e. The number of nitrogens with zero attached hydrogens (tertiary/aromatic N) is 2. The minimum atomic E-state index is 0.664. The van der Waals surface area contributed by atoms with Crippen LogP contribution in [0, 0.1) is 13.8 Å². The number of halogens is 2. The van der Waals surface area contributed by atoms with E-state index in [2.05, 4.69) is 21.0 Å². The van der Waals surface area contributed by atoms with Gasteiger partial charge in [0.05, 0.1) is 27.8 Å². The summed E-state index contributed by atoms with van der Waals surface area (Å²) >= 11 is 9.47. The maximum absolute atomic E-state index is 6.10. The van der Waals surface area contributed by atoms with Gasteiger partial charge in [0.1, 0.15) is 0 Å². The lowest BCUT2D eigenvalue weighted by Crippen LogP contribution is -2.03. The Hall–Kier alpha value is -1.00. The number of benzene rings is 1. The molecule has 0 aliphatic heterocycles. The molecular weight excluding hydrogens is 289 g/mol. The molecule has 84 valence electrons.